The monoisotopic (exact) mass is 398 g/mol. The Bertz CT molecular complexity index is 592. The molecular formula is C19H27BrO4. The van der Waals surface area contributed by atoms with Gasteiger partial charge in [0, 0.05) is 29.0 Å². The van der Waals surface area contributed by atoms with Crippen molar-refractivity contribution >= 4 is 27.7 Å². The molecule has 0 amide bonds. The molecule has 3 saturated carbocycles. The molecule has 0 unspecified atom stereocenters. The highest BCUT2D eigenvalue weighted by Crippen LogP contribution is 2.63. The number of rotatable bonds is 0. The number of ether oxygens (including phenoxy) is 1. The molecule has 4 rings (SSSR count). The third-order valence-electron chi connectivity index (χ3n) is 7.92. The van der Waals surface area contributed by atoms with Crippen molar-refractivity contribution in [3.05, 3.63) is 0 Å². The van der Waals surface area contributed by atoms with E-state index in [4.69, 9.17) is 4.74 Å². The van der Waals surface area contributed by atoms with Crippen molar-refractivity contribution in [3.63, 3.8) is 0 Å². The van der Waals surface area contributed by atoms with Gasteiger partial charge in [-0.3, -0.25) is 9.59 Å². The molecule has 4 nitrogen and oxygen atoms in total. The van der Waals surface area contributed by atoms with Gasteiger partial charge in [-0.1, -0.05) is 22.9 Å². The second-order valence-corrected chi connectivity index (χ2v) is 10.3. The van der Waals surface area contributed by atoms with Crippen molar-refractivity contribution < 1.29 is 19.4 Å². The van der Waals surface area contributed by atoms with Crippen LogP contribution >= 0.6 is 15.9 Å². The zero-order valence-corrected chi connectivity index (χ0v) is 16.1. The fraction of sp³-hybridized carbons (Fsp3) is 0.895. The highest BCUT2D eigenvalue weighted by Gasteiger charge is 2.66. The van der Waals surface area contributed by atoms with Crippen molar-refractivity contribution in [2.24, 2.45) is 23.2 Å². The summed E-state index contributed by atoms with van der Waals surface area (Å²) in [5, 5.41) is 11.4. The Balaban J connectivity index is 1.71. The summed E-state index contributed by atoms with van der Waals surface area (Å²) in [6.07, 6.45) is 5.92. The quantitative estimate of drug-likeness (QED) is 0.501. The van der Waals surface area contributed by atoms with E-state index in [2.05, 4.69) is 22.9 Å². The Morgan fingerprint density at radius 1 is 1.12 bits per heavy atom. The third-order valence-corrected chi connectivity index (χ3v) is 8.70. The van der Waals surface area contributed by atoms with Gasteiger partial charge in [-0.25, -0.2) is 0 Å². The molecular weight excluding hydrogens is 372 g/mol. The molecule has 24 heavy (non-hydrogen) atoms. The minimum Gasteiger partial charge on any atom is -0.459 e. The Labute approximate surface area is 151 Å². The molecule has 1 N–H and O–H groups in total. The Hall–Kier alpha value is -0.420. The standard InChI is InChI=1S/C19H27BrO4/c1-17-7-5-11(20)10-19(17,23)15(21)9-12-13(17)6-8-18(2)14(12)3-4-16(22)24-18/h11-14,23H,3-10H2,1-2H3/t11-,12+,13-,14-,17+,18-,19-/m0/s1. The van der Waals surface area contributed by atoms with Crippen molar-refractivity contribution in [2.75, 3.05) is 0 Å². The summed E-state index contributed by atoms with van der Waals surface area (Å²) in [5.74, 6) is 0.742. The number of halogens is 1. The largest absolute Gasteiger partial charge is 0.459 e. The lowest BCUT2D eigenvalue weighted by atomic mass is 9.44. The fourth-order valence-electron chi connectivity index (χ4n) is 6.51. The minimum absolute atomic E-state index is 0.0107. The van der Waals surface area contributed by atoms with Gasteiger partial charge in [0.05, 0.1) is 0 Å². The molecule has 1 heterocycles. The maximum absolute atomic E-state index is 13.0. The molecule has 0 spiro atoms. The van der Waals surface area contributed by atoms with E-state index in [9.17, 15) is 14.7 Å². The molecule has 0 radical (unpaired) electrons. The third kappa shape index (κ3) is 2.13. The lowest BCUT2D eigenvalue weighted by Crippen LogP contribution is -2.68. The number of hydrogen-bond donors (Lipinski definition) is 1. The van der Waals surface area contributed by atoms with Crippen LogP contribution in [0.5, 0.6) is 0 Å². The number of aliphatic hydroxyl groups is 1. The van der Waals surface area contributed by atoms with E-state index < -0.39 is 11.2 Å². The molecule has 5 heteroatoms. The highest BCUT2D eigenvalue weighted by atomic mass is 79.9. The zero-order chi connectivity index (χ0) is 17.3. The maximum Gasteiger partial charge on any atom is 0.306 e. The molecule has 0 aromatic heterocycles. The van der Waals surface area contributed by atoms with Gasteiger partial charge in [-0.05, 0) is 57.3 Å². The van der Waals surface area contributed by atoms with Crippen LogP contribution in [0.2, 0.25) is 0 Å². The van der Waals surface area contributed by atoms with Crippen LogP contribution in [0.15, 0.2) is 0 Å². The first-order valence-electron chi connectivity index (χ1n) is 9.31. The fourth-order valence-corrected chi connectivity index (χ4v) is 7.20. The van der Waals surface area contributed by atoms with E-state index in [1.165, 1.54) is 0 Å². The topological polar surface area (TPSA) is 63.6 Å². The number of fused-ring (bicyclic) bond motifs is 5. The van der Waals surface area contributed by atoms with Gasteiger partial charge in [-0.15, -0.1) is 0 Å². The molecule has 3 aliphatic carbocycles. The molecule has 4 aliphatic rings. The molecule has 134 valence electrons. The first-order valence-corrected chi connectivity index (χ1v) is 10.2. The van der Waals surface area contributed by atoms with Crippen LogP contribution in [-0.4, -0.2) is 32.9 Å². The van der Waals surface area contributed by atoms with Crippen LogP contribution in [0, 0.1) is 23.2 Å². The van der Waals surface area contributed by atoms with Crippen molar-refractivity contribution in [1.29, 1.82) is 0 Å². The predicted molar refractivity (Wildman–Crippen MR) is 92.7 cm³/mol. The summed E-state index contributed by atoms with van der Waals surface area (Å²) in [6.45, 7) is 4.19. The number of carbonyl (C=O) groups is 2. The second-order valence-electron chi connectivity index (χ2n) is 8.99. The Morgan fingerprint density at radius 3 is 2.62 bits per heavy atom. The van der Waals surface area contributed by atoms with E-state index >= 15 is 0 Å². The first-order chi connectivity index (χ1) is 11.2. The van der Waals surface area contributed by atoms with Crippen LogP contribution in [0.25, 0.3) is 0 Å². The highest BCUT2D eigenvalue weighted by molar-refractivity contribution is 9.09. The molecule has 7 atom stereocenters. The van der Waals surface area contributed by atoms with Crippen molar-refractivity contribution in [1.82, 2.24) is 0 Å². The zero-order valence-electron chi connectivity index (χ0n) is 14.5. The molecule has 0 aromatic carbocycles. The first kappa shape index (κ1) is 17.0. The minimum atomic E-state index is -1.19. The van der Waals surface area contributed by atoms with Gasteiger partial charge in [0.1, 0.15) is 11.2 Å². The van der Waals surface area contributed by atoms with Crippen LogP contribution in [-0.2, 0) is 14.3 Å². The number of ketones is 1. The van der Waals surface area contributed by atoms with Gasteiger partial charge in [0.15, 0.2) is 5.78 Å². The van der Waals surface area contributed by atoms with E-state index in [0.29, 0.717) is 25.2 Å². The SMILES string of the molecule is C[C@]12CC[C@H]3[C@@H](CC(=O)[C@@]4(O)C[C@@H](Br)CC[C@]34C)[C@@H]1CCC(=O)O2. The lowest BCUT2D eigenvalue weighted by Gasteiger charge is -2.63. The van der Waals surface area contributed by atoms with Crippen LogP contribution < -0.4 is 0 Å². The summed E-state index contributed by atoms with van der Waals surface area (Å²) in [6, 6.07) is 0. The van der Waals surface area contributed by atoms with E-state index in [1.807, 2.05) is 6.92 Å². The summed E-state index contributed by atoms with van der Waals surface area (Å²) in [7, 11) is 0. The van der Waals surface area contributed by atoms with Crippen LogP contribution in [0.1, 0.15) is 65.2 Å². The Morgan fingerprint density at radius 2 is 1.88 bits per heavy atom. The van der Waals surface area contributed by atoms with Crippen LogP contribution in [0.3, 0.4) is 0 Å². The molecule has 1 saturated heterocycles. The number of esters is 1. The molecule has 4 fully saturated rings. The average molecular weight is 399 g/mol. The summed E-state index contributed by atoms with van der Waals surface area (Å²) >= 11 is 3.63. The average Bonchev–Trinajstić information content (AvgIpc) is 2.49. The summed E-state index contributed by atoms with van der Waals surface area (Å²) in [4.78, 5) is 25.0. The van der Waals surface area contributed by atoms with E-state index in [0.717, 1.165) is 32.1 Å². The predicted octanol–water partition coefficient (Wildman–Crippen LogP) is 3.38. The number of Topliss-reactive ketones (excluding diaryl/α,β-unsaturated/α-hetero) is 1. The number of alkyl halides is 1. The number of hydrogen-bond acceptors (Lipinski definition) is 4. The smallest absolute Gasteiger partial charge is 0.306 e. The van der Waals surface area contributed by atoms with E-state index in [-0.39, 0.29) is 33.8 Å². The van der Waals surface area contributed by atoms with Gasteiger partial charge >= 0.3 is 5.97 Å². The van der Waals surface area contributed by atoms with Gasteiger partial charge in [-0.2, -0.15) is 0 Å². The van der Waals surface area contributed by atoms with E-state index in [1.54, 1.807) is 0 Å². The summed E-state index contributed by atoms with van der Waals surface area (Å²) < 4.78 is 5.75. The Kier molecular flexibility index (Phi) is 3.75. The molecule has 0 bridgehead atoms. The molecule has 1 aliphatic heterocycles. The van der Waals surface area contributed by atoms with Gasteiger partial charge in [0.25, 0.3) is 0 Å². The lowest BCUT2D eigenvalue weighted by molar-refractivity contribution is -0.223. The summed E-state index contributed by atoms with van der Waals surface area (Å²) in [5.41, 5.74) is -1.96. The van der Waals surface area contributed by atoms with Crippen molar-refractivity contribution in [3.8, 4) is 0 Å². The molecule has 0 aromatic rings. The normalized spacial score (nSPS) is 54.3. The maximum atomic E-state index is 13.0. The van der Waals surface area contributed by atoms with Crippen molar-refractivity contribution in [2.45, 2.75) is 81.2 Å². The van der Waals surface area contributed by atoms with Gasteiger partial charge < -0.3 is 9.84 Å². The number of carbonyl (C=O) groups excluding carboxylic acids is 2. The van der Waals surface area contributed by atoms with Crippen LogP contribution in [0.4, 0.5) is 0 Å². The second kappa shape index (κ2) is 5.29. The van der Waals surface area contributed by atoms with Gasteiger partial charge in [0.2, 0.25) is 0 Å².